The summed E-state index contributed by atoms with van der Waals surface area (Å²) in [6.45, 7) is 2.65. The largest absolute Gasteiger partial charge is 0.243 e. The number of fused-ring (bicyclic) bond motifs is 1. The predicted octanol–water partition coefficient (Wildman–Crippen LogP) is 3.35. The molecule has 0 amide bonds. The molecule has 2 aromatic carbocycles. The van der Waals surface area contributed by atoms with Crippen LogP contribution in [0.25, 0.3) is 0 Å². The molecule has 0 bridgehead atoms. The minimum absolute atomic E-state index is 0.326. The van der Waals surface area contributed by atoms with Crippen molar-refractivity contribution in [2.45, 2.75) is 24.9 Å². The van der Waals surface area contributed by atoms with Gasteiger partial charge in [-0.2, -0.15) is 4.31 Å². The molecule has 0 aromatic heterocycles. The highest BCUT2D eigenvalue weighted by Crippen LogP contribution is 2.32. The van der Waals surface area contributed by atoms with Crippen LogP contribution in [0.15, 0.2) is 47.4 Å². The first-order valence-corrected chi connectivity index (χ1v) is 8.13. The number of sulfonamides is 1. The maximum atomic E-state index is 12.6. The first-order valence-electron chi connectivity index (χ1n) is 6.31. The summed E-state index contributed by atoms with van der Waals surface area (Å²) in [5.74, 6) is 0. The molecule has 0 fully saturated rings. The molecule has 5 heteroatoms. The summed E-state index contributed by atoms with van der Waals surface area (Å²) in [5.41, 5.74) is 2.93. The zero-order chi connectivity index (χ0) is 14.3. The van der Waals surface area contributed by atoms with Gasteiger partial charge in [0, 0.05) is 18.1 Å². The topological polar surface area (TPSA) is 37.4 Å². The number of rotatable bonds is 2. The summed E-state index contributed by atoms with van der Waals surface area (Å²) in [6.07, 6.45) is 0. The van der Waals surface area contributed by atoms with Crippen molar-refractivity contribution < 1.29 is 8.42 Å². The number of nitrogens with zero attached hydrogens (tertiary/aromatic N) is 1. The van der Waals surface area contributed by atoms with Crippen LogP contribution in [-0.4, -0.2) is 12.7 Å². The highest BCUT2D eigenvalue weighted by molar-refractivity contribution is 7.89. The second-order valence-corrected chi connectivity index (χ2v) is 7.31. The fourth-order valence-electron chi connectivity index (χ4n) is 2.38. The van der Waals surface area contributed by atoms with Gasteiger partial charge in [-0.05, 0) is 36.2 Å². The van der Waals surface area contributed by atoms with E-state index in [1.165, 1.54) is 4.31 Å². The Bertz CT molecular complexity index is 754. The van der Waals surface area contributed by atoms with Crippen molar-refractivity contribution in [2.24, 2.45) is 0 Å². The number of hydrogen-bond donors (Lipinski definition) is 0. The first kappa shape index (κ1) is 13.6. The minimum Gasteiger partial charge on any atom is -0.207 e. The summed E-state index contributed by atoms with van der Waals surface area (Å²) in [7, 11) is -3.47. The van der Waals surface area contributed by atoms with Crippen LogP contribution in [0, 0.1) is 6.92 Å². The first-order chi connectivity index (χ1) is 9.48. The number of aryl methyl sites for hydroxylation is 1. The van der Waals surface area contributed by atoms with E-state index in [2.05, 4.69) is 0 Å². The predicted molar refractivity (Wildman–Crippen MR) is 79.1 cm³/mol. The highest BCUT2D eigenvalue weighted by Gasteiger charge is 2.31. The Kier molecular flexibility index (Phi) is 3.32. The van der Waals surface area contributed by atoms with Crippen LogP contribution >= 0.6 is 11.6 Å². The van der Waals surface area contributed by atoms with Gasteiger partial charge >= 0.3 is 0 Å². The van der Waals surface area contributed by atoms with E-state index in [0.29, 0.717) is 23.0 Å². The van der Waals surface area contributed by atoms with E-state index in [0.717, 1.165) is 16.7 Å². The third-order valence-corrected chi connectivity index (χ3v) is 5.72. The van der Waals surface area contributed by atoms with Crippen LogP contribution in [0.4, 0.5) is 0 Å². The molecule has 104 valence electrons. The van der Waals surface area contributed by atoms with Crippen molar-refractivity contribution >= 4 is 21.6 Å². The van der Waals surface area contributed by atoms with Gasteiger partial charge in [-0.25, -0.2) is 8.42 Å². The standard InChI is InChI=1S/C15H14ClNO2S/c1-11-5-7-13(8-6-11)20(18,19)17-9-12-3-2-4-15(16)14(12)10-17/h2-8H,9-10H2,1H3. The second kappa shape index (κ2) is 4.88. The molecule has 1 aliphatic heterocycles. The lowest BCUT2D eigenvalue weighted by Gasteiger charge is -2.15. The molecule has 1 aliphatic rings. The Morgan fingerprint density at radius 2 is 1.75 bits per heavy atom. The summed E-state index contributed by atoms with van der Waals surface area (Å²) >= 11 is 6.13. The van der Waals surface area contributed by atoms with E-state index >= 15 is 0 Å². The normalized spacial score (nSPS) is 15.3. The molecule has 0 aliphatic carbocycles. The highest BCUT2D eigenvalue weighted by atomic mass is 35.5. The fraction of sp³-hybridized carbons (Fsp3) is 0.200. The van der Waals surface area contributed by atoms with Gasteiger partial charge < -0.3 is 0 Å². The van der Waals surface area contributed by atoms with Crippen LogP contribution in [0.2, 0.25) is 5.02 Å². The Balaban J connectivity index is 1.96. The van der Waals surface area contributed by atoms with E-state index in [4.69, 9.17) is 11.6 Å². The zero-order valence-electron chi connectivity index (χ0n) is 11.0. The molecule has 0 unspecified atom stereocenters. The number of halogens is 1. The Morgan fingerprint density at radius 1 is 1.05 bits per heavy atom. The monoisotopic (exact) mass is 307 g/mol. The van der Waals surface area contributed by atoms with Crippen LogP contribution in [0.5, 0.6) is 0 Å². The van der Waals surface area contributed by atoms with Crippen molar-refractivity contribution in [3.05, 3.63) is 64.2 Å². The van der Waals surface area contributed by atoms with E-state index in [1.807, 2.05) is 31.2 Å². The molecule has 3 rings (SSSR count). The van der Waals surface area contributed by atoms with Gasteiger partial charge in [0.2, 0.25) is 10.0 Å². The van der Waals surface area contributed by atoms with Crippen molar-refractivity contribution in [1.82, 2.24) is 4.31 Å². The minimum atomic E-state index is -3.47. The average molecular weight is 308 g/mol. The molecule has 1 heterocycles. The summed E-state index contributed by atoms with van der Waals surface area (Å²) in [6, 6.07) is 12.5. The van der Waals surface area contributed by atoms with E-state index in [1.54, 1.807) is 18.2 Å². The molecule has 0 N–H and O–H groups in total. The lowest BCUT2D eigenvalue weighted by atomic mass is 10.1. The van der Waals surface area contributed by atoms with Gasteiger partial charge in [-0.15, -0.1) is 0 Å². The van der Waals surface area contributed by atoms with Gasteiger partial charge in [0.05, 0.1) is 4.90 Å². The number of benzene rings is 2. The SMILES string of the molecule is Cc1ccc(S(=O)(=O)N2Cc3cccc(Cl)c3C2)cc1. The maximum Gasteiger partial charge on any atom is 0.243 e. The molecule has 3 nitrogen and oxygen atoms in total. The summed E-state index contributed by atoms with van der Waals surface area (Å²) in [5, 5.41) is 0.629. The van der Waals surface area contributed by atoms with Gasteiger partial charge in [-0.3, -0.25) is 0 Å². The van der Waals surface area contributed by atoms with Crippen molar-refractivity contribution in [3.63, 3.8) is 0 Å². The molecule has 0 saturated heterocycles. The lowest BCUT2D eigenvalue weighted by Crippen LogP contribution is -2.25. The smallest absolute Gasteiger partial charge is 0.207 e. The Labute approximate surface area is 123 Å². The third kappa shape index (κ3) is 2.24. The average Bonchev–Trinajstić information content (AvgIpc) is 2.85. The number of hydrogen-bond acceptors (Lipinski definition) is 2. The lowest BCUT2D eigenvalue weighted by molar-refractivity contribution is 0.431. The zero-order valence-corrected chi connectivity index (χ0v) is 12.6. The van der Waals surface area contributed by atoms with Gasteiger partial charge in [-0.1, -0.05) is 41.4 Å². The van der Waals surface area contributed by atoms with E-state index in [-0.39, 0.29) is 0 Å². The third-order valence-electron chi connectivity index (χ3n) is 3.56. The molecular formula is C15H14ClNO2S. The fourth-order valence-corrected chi connectivity index (χ4v) is 4.02. The van der Waals surface area contributed by atoms with Gasteiger partial charge in [0.15, 0.2) is 0 Å². The molecule has 0 atom stereocenters. The van der Waals surface area contributed by atoms with Crippen molar-refractivity contribution in [2.75, 3.05) is 0 Å². The van der Waals surface area contributed by atoms with Crippen LogP contribution in [-0.2, 0) is 23.1 Å². The molecule has 20 heavy (non-hydrogen) atoms. The Morgan fingerprint density at radius 3 is 2.40 bits per heavy atom. The maximum absolute atomic E-state index is 12.6. The van der Waals surface area contributed by atoms with Crippen molar-refractivity contribution in [3.8, 4) is 0 Å². The molecular weight excluding hydrogens is 294 g/mol. The van der Waals surface area contributed by atoms with E-state index < -0.39 is 10.0 Å². The van der Waals surface area contributed by atoms with Crippen LogP contribution < -0.4 is 0 Å². The van der Waals surface area contributed by atoms with Gasteiger partial charge in [0.1, 0.15) is 0 Å². The van der Waals surface area contributed by atoms with Crippen LogP contribution in [0.3, 0.4) is 0 Å². The van der Waals surface area contributed by atoms with Crippen LogP contribution in [0.1, 0.15) is 16.7 Å². The summed E-state index contributed by atoms with van der Waals surface area (Å²) < 4.78 is 26.7. The van der Waals surface area contributed by atoms with E-state index in [9.17, 15) is 8.42 Å². The molecule has 0 radical (unpaired) electrons. The van der Waals surface area contributed by atoms with Gasteiger partial charge in [0.25, 0.3) is 0 Å². The summed E-state index contributed by atoms with van der Waals surface area (Å²) in [4.78, 5) is 0.326. The molecule has 2 aromatic rings. The molecule has 0 saturated carbocycles. The quantitative estimate of drug-likeness (QED) is 0.853. The second-order valence-electron chi connectivity index (χ2n) is 4.96. The van der Waals surface area contributed by atoms with Crippen molar-refractivity contribution in [1.29, 1.82) is 0 Å². The molecule has 0 spiro atoms. The Hall–Kier alpha value is -1.36.